The Kier molecular flexibility index (Phi) is 4.55. The van der Waals surface area contributed by atoms with Crippen molar-refractivity contribution in [3.8, 4) is 0 Å². The van der Waals surface area contributed by atoms with Crippen LogP contribution in [0.15, 0.2) is 36.5 Å². The van der Waals surface area contributed by atoms with E-state index in [1.165, 1.54) is 5.56 Å². The summed E-state index contributed by atoms with van der Waals surface area (Å²) < 4.78 is 0. The van der Waals surface area contributed by atoms with Crippen molar-refractivity contribution in [2.45, 2.75) is 19.4 Å². The third-order valence-electron chi connectivity index (χ3n) is 4.24. The van der Waals surface area contributed by atoms with Crippen LogP contribution in [0.3, 0.4) is 0 Å². The van der Waals surface area contributed by atoms with Gasteiger partial charge in [-0.2, -0.15) is 0 Å². The van der Waals surface area contributed by atoms with Gasteiger partial charge in [-0.3, -0.25) is 4.90 Å². The van der Waals surface area contributed by atoms with Gasteiger partial charge in [-0.1, -0.05) is 12.1 Å². The number of nitrogens with zero attached hydrogens (tertiary/aromatic N) is 3. The van der Waals surface area contributed by atoms with Gasteiger partial charge in [0.15, 0.2) is 0 Å². The number of hydrogen-bond acceptors (Lipinski definition) is 4. The molecule has 2 heterocycles. The van der Waals surface area contributed by atoms with Crippen LogP contribution in [0.1, 0.15) is 17.5 Å². The van der Waals surface area contributed by atoms with Crippen LogP contribution in [0.2, 0.25) is 0 Å². The van der Waals surface area contributed by atoms with Crippen molar-refractivity contribution >= 4 is 23.2 Å². The lowest BCUT2D eigenvalue weighted by atomic mass is 10.0. The van der Waals surface area contributed by atoms with Crippen LogP contribution >= 0.6 is 0 Å². The molecule has 1 aromatic carbocycles. The molecule has 0 atom stereocenters. The van der Waals surface area contributed by atoms with Crippen LogP contribution in [0.5, 0.6) is 0 Å². The molecule has 2 amide bonds. The number of benzene rings is 1. The molecular weight excluding hydrogens is 302 g/mol. The Labute approximate surface area is 142 Å². The molecule has 1 aliphatic rings. The van der Waals surface area contributed by atoms with E-state index in [1.807, 2.05) is 31.1 Å². The SMILES string of the molecule is CN(C)c1ncccc1CNc1ccc2c(c1)N(C(N)=O)CCC2. The van der Waals surface area contributed by atoms with Crippen LogP contribution in [-0.2, 0) is 13.0 Å². The minimum atomic E-state index is -0.393. The molecule has 126 valence electrons. The minimum absolute atomic E-state index is 0.393. The van der Waals surface area contributed by atoms with E-state index in [1.54, 1.807) is 11.1 Å². The summed E-state index contributed by atoms with van der Waals surface area (Å²) in [4.78, 5) is 19.7. The average Bonchev–Trinajstić information content (AvgIpc) is 2.59. The van der Waals surface area contributed by atoms with Crippen LogP contribution in [-0.4, -0.2) is 31.7 Å². The molecule has 2 aromatic rings. The molecule has 0 saturated heterocycles. The highest BCUT2D eigenvalue weighted by Crippen LogP contribution is 2.30. The topological polar surface area (TPSA) is 74.5 Å². The zero-order chi connectivity index (χ0) is 17.1. The molecule has 0 radical (unpaired) electrons. The molecule has 1 aliphatic heterocycles. The number of nitrogens with two attached hydrogens (primary N) is 1. The number of amides is 2. The number of anilines is 3. The van der Waals surface area contributed by atoms with Crippen molar-refractivity contribution in [3.05, 3.63) is 47.7 Å². The fourth-order valence-corrected chi connectivity index (χ4v) is 3.08. The molecule has 0 aliphatic carbocycles. The van der Waals surface area contributed by atoms with Crippen LogP contribution in [0, 0.1) is 0 Å². The predicted molar refractivity (Wildman–Crippen MR) is 97.6 cm³/mol. The summed E-state index contributed by atoms with van der Waals surface area (Å²) in [7, 11) is 3.96. The van der Waals surface area contributed by atoms with E-state index in [0.29, 0.717) is 13.1 Å². The van der Waals surface area contributed by atoms with E-state index in [9.17, 15) is 4.79 Å². The first-order chi connectivity index (χ1) is 11.6. The highest BCUT2D eigenvalue weighted by molar-refractivity contribution is 5.92. The number of urea groups is 1. The van der Waals surface area contributed by atoms with E-state index >= 15 is 0 Å². The van der Waals surface area contributed by atoms with Gasteiger partial charge in [0.1, 0.15) is 5.82 Å². The first-order valence-corrected chi connectivity index (χ1v) is 8.11. The maximum atomic E-state index is 11.6. The summed E-state index contributed by atoms with van der Waals surface area (Å²) in [5.41, 5.74) is 9.67. The molecular formula is C18H23N5O. The predicted octanol–water partition coefficient (Wildman–Crippen LogP) is 2.59. The lowest BCUT2D eigenvalue weighted by Gasteiger charge is -2.28. The summed E-state index contributed by atoms with van der Waals surface area (Å²) in [6.07, 6.45) is 3.72. The van der Waals surface area contributed by atoms with E-state index in [2.05, 4.69) is 28.5 Å². The normalized spacial score (nSPS) is 13.3. The largest absolute Gasteiger partial charge is 0.381 e. The maximum absolute atomic E-state index is 11.6. The third kappa shape index (κ3) is 3.27. The van der Waals surface area contributed by atoms with Crippen molar-refractivity contribution in [2.24, 2.45) is 5.73 Å². The van der Waals surface area contributed by atoms with Gasteiger partial charge in [-0.15, -0.1) is 0 Å². The first-order valence-electron chi connectivity index (χ1n) is 8.11. The fourth-order valence-electron chi connectivity index (χ4n) is 3.08. The van der Waals surface area contributed by atoms with Gasteiger partial charge >= 0.3 is 6.03 Å². The quantitative estimate of drug-likeness (QED) is 0.906. The zero-order valence-electron chi connectivity index (χ0n) is 14.1. The van der Waals surface area contributed by atoms with E-state index in [0.717, 1.165) is 35.6 Å². The molecule has 24 heavy (non-hydrogen) atoms. The number of nitrogens with one attached hydrogen (secondary N) is 1. The number of carbonyl (C=O) groups is 1. The monoisotopic (exact) mass is 325 g/mol. The van der Waals surface area contributed by atoms with Crippen molar-refractivity contribution < 1.29 is 4.79 Å². The van der Waals surface area contributed by atoms with Crippen molar-refractivity contribution in [3.63, 3.8) is 0 Å². The van der Waals surface area contributed by atoms with Gasteiger partial charge in [0.2, 0.25) is 0 Å². The maximum Gasteiger partial charge on any atom is 0.319 e. The number of hydrogen-bond donors (Lipinski definition) is 2. The standard InChI is InChI=1S/C18H23N5O/c1-22(2)17-14(5-3-9-20-17)12-21-15-8-7-13-6-4-10-23(18(19)24)16(13)11-15/h3,5,7-9,11,21H,4,6,10,12H2,1-2H3,(H2,19,24). The van der Waals surface area contributed by atoms with Gasteiger partial charge in [-0.05, 0) is 36.6 Å². The van der Waals surface area contributed by atoms with Crippen LogP contribution in [0.25, 0.3) is 0 Å². The average molecular weight is 325 g/mol. The summed E-state index contributed by atoms with van der Waals surface area (Å²) in [6, 6.07) is 9.73. The lowest BCUT2D eigenvalue weighted by molar-refractivity contribution is 0.253. The number of aryl methyl sites for hydroxylation is 1. The Hall–Kier alpha value is -2.76. The van der Waals surface area contributed by atoms with Gasteiger partial charge < -0.3 is 16.0 Å². The zero-order valence-corrected chi connectivity index (χ0v) is 14.1. The van der Waals surface area contributed by atoms with Crippen LogP contribution in [0.4, 0.5) is 22.0 Å². The number of carbonyl (C=O) groups excluding carboxylic acids is 1. The lowest BCUT2D eigenvalue weighted by Crippen LogP contribution is -2.39. The fraction of sp³-hybridized carbons (Fsp3) is 0.333. The van der Waals surface area contributed by atoms with Gasteiger partial charge in [0.25, 0.3) is 0 Å². The Morgan fingerprint density at radius 2 is 2.21 bits per heavy atom. The number of pyridine rings is 1. The summed E-state index contributed by atoms with van der Waals surface area (Å²) in [5.74, 6) is 0.946. The second-order valence-corrected chi connectivity index (χ2v) is 6.17. The van der Waals surface area contributed by atoms with Gasteiger partial charge in [0, 0.05) is 44.6 Å². The van der Waals surface area contributed by atoms with Crippen molar-refractivity contribution in [1.29, 1.82) is 0 Å². The minimum Gasteiger partial charge on any atom is -0.381 e. The van der Waals surface area contributed by atoms with Crippen molar-refractivity contribution in [2.75, 3.05) is 35.8 Å². The third-order valence-corrected chi connectivity index (χ3v) is 4.24. The first kappa shape index (κ1) is 16.1. The molecule has 0 fully saturated rings. The molecule has 0 unspecified atom stereocenters. The van der Waals surface area contributed by atoms with Gasteiger partial charge in [0.05, 0.1) is 5.69 Å². The van der Waals surface area contributed by atoms with E-state index in [-0.39, 0.29) is 0 Å². The van der Waals surface area contributed by atoms with Crippen molar-refractivity contribution in [1.82, 2.24) is 4.98 Å². The van der Waals surface area contributed by atoms with Gasteiger partial charge in [-0.25, -0.2) is 9.78 Å². The Balaban J connectivity index is 1.80. The number of primary amides is 1. The van der Waals surface area contributed by atoms with Crippen LogP contribution < -0.4 is 20.9 Å². The summed E-state index contributed by atoms with van der Waals surface area (Å²) >= 11 is 0. The second-order valence-electron chi connectivity index (χ2n) is 6.17. The molecule has 0 spiro atoms. The Bertz CT molecular complexity index is 744. The molecule has 0 bridgehead atoms. The smallest absolute Gasteiger partial charge is 0.319 e. The Morgan fingerprint density at radius 3 is 2.96 bits per heavy atom. The number of rotatable bonds is 4. The summed E-state index contributed by atoms with van der Waals surface area (Å²) in [5, 5.41) is 3.42. The highest BCUT2D eigenvalue weighted by atomic mass is 16.2. The molecule has 6 heteroatoms. The summed E-state index contributed by atoms with van der Waals surface area (Å²) in [6.45, 7) is 1.34. The Morgan fingerprint density at radius 1 is 1.38 bits per heavy atom. The van der Waals surface area contributed by atoms with E-state index < -0.39 is 6.03 Å². The number of aromatic nitrogens is 1. The molecule has 3 N–H and O–H groups in total. The molecule has 6 nitrogen and oxygen atoms in total. The second kappa shape index (κ2) is 6.78. The molecule has 1 aromatic heterocycles. The molecule has 3 rings (SSSR count). The number of fused-ring (bicyclic) bond motifs is 1. The van der Waals surface area contributed by atoms with E-state index in [4.69, 9.17) is 5.73 Å². The molecule has 0 saturated carbocycles. The highest BCUT2D eigenvalue weighted by Gasteiger charge is 2.20.